The lowest BCUT2D eigenvalue weighted by Crippen LogP contribution is -2.27. The van der Waals surface area contributed by atoms with Crippen molar-refractivity contribution in [3.63, 3.8) is 0 Å². The van der Waals surface area contributed by atoms with Crippen molar-refractivity contribution in [2.75, 3.05) is 59.3 Å². The Balaban J connectivity index is 1.79. The summed E-state index contributed by atoms with van der Waals surface area (Å²) in [7, 11) is -3.86. The highest BCUT2D eigenvalue weighted by molar-refractivity contribution is 7.89. The van der Waals surface area contributed by atoms with Crippen LogP contribution in [0.15, 0.2) is 52.0 Å². The molecule has 0 saturated carbocycles. The first-order chi connectivity index (χ1) is 19.7. The third-order valence-electron chi connectivity index (χ3n) is 5.04. The fraction of sp³-hybridized carbons (Fsp3) is 0.423. The van der Waals surface area contributed by atoms with Gasteiger partial charge in [0.1, 0.15) is 5.75 Å². The Hall–Kier alpha value is -3.59. The lowest BCUT2D eigenvalue weighted by Gasteiger charge is -2.11. The van der Waals surface area contributed by atoms with Gasteiger partial charge >= 0.3 is 5.97 Å². The molecular formula is C26H32F2N4O8S. The molecule has 0 radical (unpaired) electrons. The molecule has 0 aliphatic heterocycles. The van der Waals surface area contributed by atoms with Gasteiger partial charge in [0.2, 0.25) is 10.0 Å². The van der Waals surface area contributed by atoms with E-state index in [2.05, 4.69) is 14.7 Å². The standard InChI is InChI=1S/C26H32F2N4O8S/c1-3-39-26(33)19(2)16-20-17-23(27)25(24(28)18-20)40-21-4-6-22(7-5-21)41(34,35)31-9-11-37-13-15-38-14-12-36-10-8-30-32-29/h4-7,16-18,31H,3,8-15H2,1-2H3. The second-order valence-electron chi connectivity index (χ2n) is 8.12. The maximum atomic E-state index is 14.6. The van der Waals surface area contributed by atoms with Crippen LogP contribution >= 0.6 is 0 Å². The van der Waals surface area contributed by atoms with Crippen molar-refractivity contribution in [2.24, 2.45) is 5.11 Å². The molecule has 0 aromatic heterocycles. The number of nitrogens with one attached hydrogen (secondary N) is 1. The number of ether oxygens (including phenoxy) is 5. The summed E-state index contributed by atoms with van der Waals surface area (Å²) in [5.41, 5.74) is 8.41. The van der Waals surface area contributed by atoms with Gasteiger partial charge in [-0.05, 0) is 67.4 Å². The number of azide groups is 1. The van der Waals surface area contributed by atoms with E-state index in [9.17, 15) is 22.0 Å². The minimum absolute atomic E-state index is 0.00989. The predicted octanol–water partition coefficient (Wildman–Crippen LogP) is 4.36. The Morgan fingerprint density at radius 1 is 1.00 bits per heavy atom. The fourth-order valence-electron chi connectivity index (χ4n) is 3.14. The Kier molecular flexibility index (Phi) is 14.7. The van der Waals surface area contributed by atoms with Crippen molar-refractivity contribution in [3.8, 4) is 11.5 Å². The molecule has 0 amide bonds. The van der Waals surface area contributed by atoms with Crippen molar-refractivity contribution in [2.45, 2.75) is 18.7 Å². The summed E-state index contributed by atoms with van der Waals surface area (Å²) in [5.74, 6) is -3.28. The molecule has 15 heteroatoms. The summed E-state index contributed by atoms with van der Waals surface area (Å²) >= 11 is 0. The van der Waals surface area contributed by atoms with Crippen LogP contribution in [-0.4, -0.2) is 73.7 Å². The number of rotatable bonds is 19. The van der Waals surface area contributed by atoms with Crippen LogP contribution in [-0.2, 0) is 33.8 Å². The van der Waals surface area contributed by atoms with Crippen LogP contribution in [0.25, 0.3) is 16.5 Å². The van der Waals surface area contributed by atoms with E-state index in [0.717, 1.165) is 12.1 Å². The predicted molar refractivity (Wildman–Crippen MR) is 145 cm³/mol. The van der Waals surface area contributed by atoms with Gasteiger partial charge < -0.3 is 23.7 Å². The van der Waals surface area contributed by atoms with Crippen LogP contribution in [0, 0.1) is 11.6 Å². The van der Waals surface area contributed by atoms with Crippen LogP contribution in [0.4, 0.5) is 8.78 Å². The Bertz CT molecular complexity index is 1290. The van der Waals surface area contributed by atoms with Gasteiger partial charge in [-0.2, -0.15) is 0 Å². The number of carbonyl (C=O) groups excluding carboxylic acids is 1. The number of nitrogens with zero attached hydrogens (tertiary/aromatic N) is 3. The molecule has 2 rings (SSSR count). The van der Waals surface area contributed by atoms with E-state index in [-0.39, 0.29) is 54.7 Å². The van der Waals surface area contributed by atoms with Crippen LogP contribution in [0.3, 0.4) is 0 Å². The average molecular weight is 599 g/mol. The van der Waals surface area contributed by atoms with Crippen molar-refractivity contribution >= 4 is 22.1 Å². The number of sulfonamides is 1. The Morgan fingerprint density at radius 2 is 1.59 bits per heavy atom. The zero-order valence-corrected chi connectivity index (χ0v) is 23.5. The zero-order chi connectivity index (χ0) is 30.1. The van der Waals surface area contributed by atoms with Crippen LogP contribution < -0.4 is 9.46 Å². The number of hydrogen-bond acceptors (Lipinski definition) is 9. The van der Waals surface area contributed by atoms with E-state index >= 15 is 0 Å². The molecule has 12 nitrogen and oxygen atoms in total. The molecule has 0 unspecified atom stereocenters. The van der Waals surface area contributed by atoms with Crippen LogP contribution in [0.5, 0.6) is 11.5 Å². The molecule has 2 aromatic carbocycles. The summed E-state index contributed by atoms with van der Waals surface area (Å²) in [4.78, 5) is 14.2. The fourth-order valence-corrected chi connectivity index (χ4v) is 4.16. The normalized spacial score (nSPS) is 11.7. The van der Waals surface area contributed by atoms with Crippen molar-refractivity contribution < 1.29 is 45.7 Å². The Labute approximate surface area is 236 Å². The van der Waals surface area contributed by atoms with Gasteiger partial charge in [-0.3, -0.25) is 0 Å². The highest BCUT2D eigenvalue weighted by atomic mass is 32.2. The SMILES string of the molecule is CCOC(=O)C(C)=Cc1cc(F)c(Oc2ccc(S(=O)(=O)NCCOCCOCCOCCN=[N+]=[N-])cc2)c(F)c1. The summed E-state index contributed by atoms with van der Waals surface area (Å²) in [6, 6.07) is 7.00. The minimum atomic E-state index is -3.86. The number of hydrogen-bond donors (Lipinski definition) is 1. The van der Waals surface area contributed by atoms with Gasteiger partial charge in [-0.1, -0.05) is 5.11 Å². The number of benzene rings is 2. The first-order valence-corrected chi connectivity index (χ1v) is 14.0. The topological polar surface area (TPSA) is 158 Å². The molecule has 2 aromatic rings. The summed E-state index contributed by atoms with van der Waals surface area (Å²) in [6.45, 7) is 5.18. The van der Waals surface area contributed by atoms with E-state index in [4.69, 9.17) is 29.2 Å². The maximum Gasteiger partial charge on any atom is 0.333 e. The van der Waals surface area contributed by atoms with Gasteiger partial charge in [0.05, 0.1) is 51.1 Å². The van der Waals surface area contributed by atoms with Crippen molar-refractivity contribution in [1.82, 2.24) is 4.72 Å². The minimum Gasteiger partial charge on any atom is -0.463 e. The lowest BCUT2D eigenvalue weighted by molar-refractivity contribution is -0.138. The molecule has 0 atom stereocenters. The first-order valence-electron chi connectivity index (χ1n) is 12.5. The highest BCUT2D eigenvalue weighted by Crippen LogP contribution is 2.30. The average Bonchev–Trinajstić information content (AvgIpc) is 2.93. The number of carbonyl (C=O) groups is 1. The van der Waals surface area contributed by atoms with E-state index in [1.165, 1.54) is 37.3 Å². The second kappa shape index (κ2) is 18.0. The molecule has 0 aliphatic rings. The van der Waals surface area contributed by atoms with Gasteiger partial charge in [-0.25, -0.2) is 26.7 Å². The molecule has 41 heavy (non-hydrogen) atoms. The van der Waals surface area contributed by atoms with Gasteiger partial charge in [0.15, 0.2) is 17.4 Å². The maximum absolute atomic E-state index is 14.6. The highest BCUT2D eigenvalue weighted by Gasteiger charge is 2.17. The summed E-state index contributed by atoms with van der Waals surface area (Å²) < 4.78 is 82.4. The van der Waals surface area contributed by atoms with Gasteiger partial charge in [0, 0.05) is 23.6 Å². The molecule has 0 heterocycles. The monoisotopic (exact) mass is 598 g/mol. The van der Waals surface area contributed by atoms with E-state index < -0.39 is 33.4 Å². The van der Waals surface area contributed by atoms with Crippen LogP contribution in [0.2, 0.25) is 0 Å². The third-order valence-corrected chi connectivity index (χ3v) is 6.51. The second-order valence-corrected chi connectivity index (χ2v) is 9.89. The smallest absolute Gasteiger partial charge is 0.333 e. The largest absolute Gasteiger partial charge is 0.463 e. The van der Waals surface area contributed by atoms with Gasteiger partial charge in [-0.15, -0.1) is 0 Å². The first kappa shape index (κ1) is 33.6. The van der Waals surface area contributed by atoms with Crippen LogP contribution in [0.1, 0.15) is 19.4 Å². The molecule has 0 bridgehead atoms. The summed E-state index contributed by atoms with van der Waals surface area (Å²) in [5, 5.41) is 3.33. The van der Waals surface area contributed by atoms with E-state index in [0.29, 0.717) is 26.4 Å². The van der Waals surface area contributed by atoms with Crippen molar-refractivity contribution in [3.05, 3.63) is 69.6 Å². The number of halogens is 2. The van der Waals surface area contributed by atoms with E-state index in [1.54, 1.807) is 6.92 Å². The third kappa shape index (κ3) is 12.2. The van der Waals surface area contributed by atoms with E-state index in [1.807, 2.05) is 0 Å². The molecular weight excluding hydrogens is 566 g/mol. The molecule has 0 saturated heterocycles. The van der Waals surface area contributed by atoms with Crippen molar-refractivity contribution in [1.29, 1.82) is 0 Å². The molecule has 1 N–H and O–H groups in total. The zero-order valence-electron chi connectivity index (χ0n) is 22.7. The lowest BCUT2D eigenvalue weighted by atomic mass is 10.1. The molecule has 0 spiro atoms. The Morgan fingerprint density at radius 3 is 2.17 bits per heavy atom. The number of esters is 1. The molecule has 224 valence electrons. The van der Waals surface area contributed by atoms with Gasteiger partial charge in [0.25, 0.3) is 0 Å². The molecule has 0 fully saturated rings. The quantitative estimate of drug-likeness (QED) is 0.0624. The summed E-state index contributed by atoms with van der Waals surface area (Å²) in [6.07, 6.45) is 1.29. The molecule has 0 aliphatic carbocycles.